The van der Waals surface area contributed by atoms with Gasteiger partial charge in [-0.15, -0.1) is 6.58 Å². The summed E-state index contributed by atoms with van der Waals surface area (Å²) in [6, 6.07) is 9.24. The molecule has 3 rings (SSSR count). The summed E-state index contributed by atoms with van der Waals surface area (Å²) < 4.78 is 7.16. The lowest BCUT2D eigenvalue weighted by Crippen LogP contribution is -2.27. The number of carbonyl (C=O) groups is 1. The molecule has 2 heterocycles. The Balaban J connectivity index is 1.86. The molecule has 1 aromatic heterocycles. The molecule has 7 heteroatoms. The van der Waals surface area contributed by atoms with Crippen LogP contribution < -0.4 is 0 Å². The van der Waals surface area contributed by atoms with Gasteiger partial charge in [-0.25, -0.2) is 0 Å². The Hall–Kier alpha value is -1.34. The zero-order chi connectivity index (χ0) is 17.3. The lowest BCUT2D eigenvalue weighted by atomic mass is 10.2. The Labute approximate surface area is 162 Å². The van der Waals surface area contributed by atoms with E-state index in [-0.39, 0.29) is 5.91 Å². The second-order valence-electron chi connectivity index (χ2n) is 4.91. The van der Waals surface area contributed by atoms with Crippen LogP contribution in [-0.4, -0.2) is 21.7 Å². The molecule has 1 aromatic carbocycles. The Morgan fingerprint density at radius 3 is 2.88 bits per heavy atom. The van der Waals surface area contributed by atoms with Crippen molar-refractivity contribution in [3.8, 4) is 11.3 Å². The number of carbonyl (C=O) groups excluding carboxylic acids is 1. The van der Waals surface area contributed by atoms with E-state index in [1.165, 1.54) is 16.7 Å². The fourth-order valence-corrected chi connectivity index (χ4v) is 3.83. The number of hydrogen-bond donors (Lipinski definition) is 0. The van der Waals surface area contributed by atoms with Crippen molar-refractivity contribution in [3.63, 3.8) is 0 Å². The standard InChI is InChI=1S/C17H11BrClNO2S2/c1-2-7-20-16(21)15(24-17(20)23)9-11-4-6-14(22-11)10-3-5-12(18)13(19)8-10/h2-6,8-9H,1,7H2/b15-9-. The van der Waals surface area contributed by atoms with Gasteiger partial charge in [-0.1, -0.05) is 47.7 Å². The summed E-state index contributed by atoms with van der Waals surface area (Å²) in [6.07, 6.45) is 3.35. The van der Waals surface area contributed by atoms with Gasteiger partial charge < -0.3 is 4.42 Å². The third-order valence-corrected chi connectivity index (χ3v) is 5.90. The van der Waals surface area contributed by atoms with Crippen molar-refractivity contribution in [2.24, 2.45) is 0 Å². The van der Waals surface area contributed by atoms with Gasteiger partial charge in [-0.2, -0.15) is 0 Å². The van der Waals surface area contributed by atoms with Crippen molar-refractivity contribution >= 4 is 67.8 Å². The van der Waals surface area contributed by atoms with Crippen molar-refractivity contribution in [2.75, 3.05) is 6.54 Å². The van der Waals surface area contributed by atoms with Crippen LogP contribution in [0.1, 0.15) is 5.76 Å². The van der Waals surface area contributed by atoms with Crippen LogP contribution in [0, 0.1) is 0 Å². The fraction of sp³-hybridized carbons (Fsp3) is 0.0588. The zero-order valence-corrected chi connectivity index (χ0v) is 16.3. The van der Waals surface area contributed by atoms with Crippen molar-refractivity contribution in [1.82, 2.24) is 4.90 Å². The molecule has 2 aromatic rings. The molecule has 1 aliphatic heterocycles. The number of nitrogens with zero attached hydrogens (tertiary/aromatic N) is 1. The van der Waals surface area contributed by atoms with Crippen LogP contribution >= 0.6 is 51.5 Å². The van der Waals surface area contributed by atoms with Gasteiger partial charge in [0, 0.05) is 22.7 Å². The van der Waals surface area contributed by atoms with E-state index in [1.54, 1.807) is 12.2 Å². The Morgan fingerprint density at radius 2 is 2.17 bits per heavy atom. The van der Waals surface area contributed by atoms with Crippen molar-refractivity contribution in [1.29, 1.82) is 0 Å². The molecule has 1 fully saturated rings. The summed E-state index contributed by atoms with van der Waals surface area (Å²) in [4.78, 5) is 14.4. The highest BCUT2D eigenvalue weighted by Crippen LogP contribution is 2.34. The van der Waals surface area contributed by atoms with E-state index in [1.807, 2.05) is 30.3 Å². The third kappa shape index (κ3) is 3.52. The van der Waals surface area contributed by atoms with Crippen LogP contribution in [0.3, 0.4) is 0 Å². The first-order valence-corrected chi connectivity index (χ1v) is 9.30. The maximum Gasteiger partial charge on any atom is 0.266 e. The Morgan fingerprint density at radius 1 is 1.38 bits per heavy atom. The molecule has 0 saturated carbocycles. The topological polar surface area (TPSA) is 33.5 Å². The summed E-state index contributed by atoms with van der Waals surface area (Å²) in [7, 11) is 0. The second-order valence-corrected chi connectivity index (χ2v) is 7.85. The van der Waals surface area contributed by atoms with E-state index < -0.39 is 0 Å². The lowest BCUT2D eigenvalue weighted by Gasteiger charge is -2.10. The number of hydrogen-bond acceptors (Lipinski definition) is 4. The van der Waals surface area contributed by atoms with E-state index >= 15 is 0 Å². The Kier molecular flexibility index (Phi) is 5.30. The molecule has 0 N–H and O–H groups in total. The smallest absolute Gasteiger partial charge is 0.266 e. The number of amides is 1. The van der Waals surface area contributed by atoms with Gasteiger partial charge in [0.25, 0.3) is 5.91 Å². The lowest BCUT2D eigenvalue weighted by molar-refractivity contribution is -0.121. The highest BCUT2D eigenvalue weighted by Gasteiger charge is 2.31. The molecule has 0 aliphatic carbocycles. The molecule has 0 unspecified atom stereocenters. The van der Waals surface area contributed by atoms with Crippen LogP contribution in [0.15, 0.2) is 56.8 Å². The molecule has 0 spiro atoms. The number of furan rings is 1. The van der Waals surface area contributed by atoms with Crippen LogP contribution in [0.2, 0.25) is 5.02 Å². The highest BCUT2D eigenvalue weighted by molar-refractivity contribution is 9.10. The predicted molar refractivity (Wildman–Crippen MR) is 107 cm³/mol. The number of rotatable bonds is 4. The molecular weight excluding hydrogens is 430 g/mol. The number of benzene rings is 1. The summed E-state index contributed by atoms with van der Waals surface area (Å²) >= 11 is 15.9. The van der Waals surface area contributed by atoms with Crippen molar-refractivity contribution in [2.45, 2.75) is 0 Å². The molecule has 0 radical (unpaired) electrons. The number of thiocarbonyl (C=S) groups is 1. The maximum absolute atomic E-state index is 12.3. The van der Waals surface area contributed by atoms with Gasteiger partial charge in [0.15, 0.2) is 0 Å². The number of halogens is 2. The molecule has 3 nitrogen and oxygen atoms in total. The molecule has 24 heavy (non-hydrogen) atoms. The van der Waals surface area contributed by atoms with Crippen LogP contribution in [0.5, 0.6) is 0 Å². The molecule has 1 aliphatic rings. The van der Waals surface area contributed by atoms with E-state index in [0.717, 1.165) is 10.0 Å². The SMILES string of the molecule is C=CCN1C(=O)/C(=C/c2ccc(-c3ccc(Br)c(Cl)c3)o2)SC1=S. The van der Waals surface area contributed by atoms with Gasteiger partial charge >= 0.3 is 0 Å². The minimum atomic E-state index is -0.130. The Bertz CT molecular complexity index is 875. The fourth-order valence-electron chi connectivity index (χ4n) is 2.15. The molecule has 1 saturated heterocycles. The number of thioether (sulfide) groups is 1. The minimum absolute atomic E-state index is 0.130. The van der Waals surface area contributed by atoms with Crippen molar-refractivity contribution < 1.29 is 9.21 Å². The van der Waals surface area contributed by atoms with Gasteiger partial charge in [-0.3, -0.25) is 9.69 Å². The van der Waals surface area contributed by atoms with E-state index in [2.05, 4.69) is 22.5 Å². The molecular formula is C17H11BrClNO2S2. The van der Waals surface area contributed by atoms with E-state index in [9.17, 15) is 4.79 Å². The predicted octanol–water partition coefficient (Wildman–Crippen LogP) is 5.75. The van der Waals surface area contributed by atoms with Gasteiger partial charge in [0.1, 0.15) is 15.8 Å². The molecule has 1 amide bonds. The van der Waals surface area contributed by atoms with Gasteiger partial charge in [-0.05, 0) is 40.2 Å². The van der Waals surface area contributed by atoms with E-state index in [0.29, 0.717) is 32.3 Å². The molecule has 122 valence electrons. The molecule has 0 bridgehead atoms. The monoisotopic (exact) mass is 439 g/mol. The first-order valence-electron chi connectivity index (χ1n) is 6.91. The van der Waals surface area contributed by atoms with Crippen LogP contribution in [0.25, 0.3) is 17.4 Å². The summed E-state index contributed by atoms with van der Waals surface area (Å²) in [6.45, 7) is 4.04. The van der Waals surface area contributed by atoms with Crippen molar-refractivity contribution in [3.05, 3.63) is 63.1 Å². The average molecular weight is 441 g/mol. The average Bonchev–Trinajstić information content (AvgIpc) is 3.11. The normalized spacial score (nSPS) is 16.2. The van der Waals surface area contributed by atoms with Crippen LogP contribution in [-0.2, 0) is 4.79 Å². The van der Waals surface area contributed by atoms with Gasteiger partial charge in [0.05, 0.1) is 9.93 Å². The first-order chi connectivity index (χ1) is 11.5. The first kappa shape index (κ1) is 17.5. The third-order valence-electron chi connectivity index (χ3n) is 3.29. The summed E-state index contributed by atoms with van der Waals surface area (Å²) in [5, 5.41) is 0.607. The minimum Gasteiger partial charge on any atom is -0.457 e. The zero-order valence-electron chi connectivity index (χ0n) is 12.3. The highest BCUT2D eigenvalue weighted by atomic mass is 79.9. The molecule has 0 atom stereocenters. The summed E-state index contributed by atoms with van der Waals surface area (Å²) in [5.74, 6) is 1.13. The van der Waals surface area contributed by atoms with E-state index in [4.69, 9.17) is 28.2 Å². The second kappa shape index (κ2) is 7.27. The quantitative estimate of drug-likeness (QED) is 0.344. The van der Waals surface area contributed by atoms with Gasteiger partial charge in [0.2, 0.25) is 0 Å². The van der Waals surface area contributed by atoms with Crippen LogP contribution in [0.4, 0.5) is 0 Å². The largest absolute Gasteiger partial charge is 0.457 e. The maximum atomic E-state index is 12.3. The summed E-state index contributed by atoms with van der Waals surface area (Å²) in [5.41, 5.74) is 0.863.